The molecule has 2 amide bonds. The van der Waals surface area contributed by atoms with E-state index < -0.39 is 12.0 Å². The van der Waals surface area contributed by atoms with Crippen LogP contribution < -0.4 is 5.32 Å². The van der Waals surface area contributed by atoms with Crippen molar-refractivity contribution >= 4 is 23.8 Å². The number of hydrogen-bond acceptors (Lipinski definition) is 4. The molecule has 0 radical (unpaired) electrons. The van der Waals surface area contributed by atoms with Crippen LogP contribution in [0.2, 0.25) is 0 Å². The second kappa shape index (κ2) is 9.15. The highest BCUT2D eigenvalue weighted by molar-refractivity contribution is 8.00. The topological polar surface area (TPSA) is 78.9 Å². The zero-order valence-corrected chi connectivity index (χ0v) is 13.8. The first-order valence-corrected chi connectivity index (χ1v) is 8.50. The predicted molar refractivity (Wildman–Crippen MR) is 83.5 cm³/mol. The van der Waals surface area contributed by atoms with Crippen LogP contribution in [0.25, 0.3) is 0 Å². The molecule has 0 bridgehead atoms. The van der Waals surface area contributed by atoms with E-state index in [1.807, 2.05) is 6.92 Å². The Morgan fingerprint density at radius 1 is 1.48 bits per heavy atom. The van der Waals surface area contributed by atoms with Crippen LogP contribution in [0.3, 0.4) is 0 Å². The minimum absolute atomic E-state index is 0.0525. The third-order valence-corrected chi connectivity index (χ3v) is 4.61. The van der Waals surface area contributed by atoms with E-state index in [-0.39, 0.29) is 11.4 Å². The van der Waals surface area contributed by atoms with Crippen LogP contribution in [0.4, 0.5) is 4.79 Å². The van der Waals surface area contributed by atoms with Gasteiger partial charge in [-0.05, 0) is 18.8 Å². The largest absolute Gasteiger partial charge is 0.480 e. The minimum atomic E-state index is -0.936. The van der Waals surface area contributed by atoms with Gasteiger partial charge in [-0.2, -0.15) is 0 Å². The van der Waals surface area contributed by atoms with Gasteiger partial charge in [0.05, 0.1) is 5.37 Å². The lowest BCUT2D eigenvalue weighted by Crippen LogP contribution is -2.50. The Kier molecular flexibility index (Phi) is 7.88. The molecule has 1 fully saturated rings. The van der Waals surface area contributed by atoms with Crippen LogP contribution in [0, 0.1) is 5.92 Å². The summed E-state index contributed by atoms with van der Waals surface area (Å²) >= 11 is 1.53. The molecule has 0 aromatic heterocycles. The highest BCUT2D eigenvalue weighted by atomic mass is 32.2. The van der Waals surface area contributed by atoms with Gasteiger partial charge in [-0.25, -0.2) is 9.59 Å². The Labute approximate surface area is 130 Å². The summed E-state index contributed by atoms with van der Waals surface area (Å²) in [6.07, 6.45) is 1.48. The second-order valence-electron chi connectivity index (χ2n) is 5.51. The van der Waals surface area contributed by atoms with E-state index in [1.165, 1.54) is 16.7 Å². The van der Waals surface area contributed by atoms with Crippen LogP contribution in [-0.4, -0.2) is 58.9 Å². The number of nitrogens with one attached hydrogen (secondary N) is 1. The standard InChI is InChI=1S/C14H26N2O4S/c1-4-12-16(11(9-21-12)13(17)18)14(19)15-6-5-7-20-8-10(2)3/h10-12H,4-9H2,1-3H3,(H,15,19)(H,17,18). The van der Waals surface area contributed by atoms with Gasteiger partial charge in [-0.1, -0.05) is 20.8 Å². The Hall–Kier alpha value is -0.950. The summed E-state index contributed by atoms with van der Waals surface area (Å²) in [6.45, 7) is 7.96. The SMILES string of the molecule is CCC1SCC(C(=O)O)N1C(=O)NCCCOCC(C)C. The Morgan fingerprint density at radius 3 is 2.76 bits per heavy atom. The summed E-state index contributed by atoms with van der Waals surface area (Å²) < 4.78 is 5.44. The van der Waals surface area contributed by atoms with E-state index in [1.54, 1.807) is 0 Å². The van der Waals surface area contributed by atoms with Gasteiger partial charge in [-0.15, -0.1) is 11.8 Å². The van der Waals surface area contributed by atoms with Crippen molar-refractivity contribution in [1.29, 1.82) is 0 Å². The molecule has 0 aromatic rings. The number of hydrogen-bond donors (Lipinski definition) is 2. The summed E-state index contributed by atoms with van der Waals surface area (Å²) in [7, 11) is 0. The van der Waals surface area contributed by atoms with Gasteiger partial charge < -0.3 is 15.2 Å². The van der Waals surface area contributed by atoms with Gasteiger partial charge >= 0.3 is 12.0 Å². The van der Waals surface area contributed by atoms with Crippen LogP contribution in [0.5, 0.6) is 0 Å². The van der Waals surface area contributed by atoms with Gasteiger partial charge in [0.2, 0.25) is 0 Å². The van der Waals surface area contributed by atoms with Crippen LogP contribution in [0.15, 0.2) is 0 Å². The lowest BCUT2D eigenvalue weighted by Gasteiger charge is -2.26. The number of ether oxygens (including phenoxy) is 1. The molecule has 7 heteroatoms. The van der Waals surface area contributed by atoms with E-state index in [0.717, 1.165) is 19.4 Å². The monoisotopic (exact) mass is 318 g/mol. The fourth-order valence-corrected chi connectivity index (χ4v) is 3.47. The molecule has 2 atom stereocenters. The summed E-state index contributed by atoms with van der Waals surface area (Å²) in [6, 6.07) is -1.01. The lowest BCUT2D eigenvalue weighted by atomic mass is 10.2. The highest BCUT2D eigenvalue weighted by Gasteiger charge is 2.40. The Balaban J connectivity index is 2.33. The highest BCUT2D eigenvalue weighted by Crippen LogP contribution is 2.31. The molecular formula is C14H26N2O4S. The molecule has 1 rings (SSSR count). The van der Waals surface area contributed by atoms with Crippen molar-refractivity contribution in [3.63, 3.8) is 0 Å². The average molecular weight is 318 g/mol. The van der Waals surface area contributed by atoms with Crippen molar-refractivity contribution in [2.45, 2.75) is 45.0 Å². The van der Waals surface area contributed by atoms with Crippen LogP contribution in [-0.2, 0) is 9.53 Å². The maximum absolute atomic E-state index is 12.2. The first-order chi connectivity index (χ1) is 9.97. The lowest BCUT2D eigenvalue weighted by molar-refractivity contribution is -0.141. The first-order valence-electron chi connectivity index (χ1n) is 7.45. The van der Waals surface area contributed by atoms with Gasteiger partial charge in [0.1, 0.15) is 6.04 Å². The number of aliphatic carboxylic acids is 1. The number of urea groups is 1. The van der Waals surface area contributed by atoms with Crippen LogP contribution in [0.1, 0.15) is 33.6 Å². The first kappa shape index (κ1) is 18.1. The average Bonchev–Trinajstić information content (AvgIpc) is 2.86. The summed E-state index contributed by atoms with van der Waals surface area (Å²) in [5, 5.41) is 11.9. The zero-order chi connectivity index (χ0) is 15.8. The number of thioether (sulfide) groups is 1. The molecule has 0 spiro atoms. The molecule has 2 N–H and O–H groups in total. The number of carboxylic acids is 1. The van der Waals surface area contributed by atoms with E-state index >= 15 is 0 Å². The van der Waals surface area contributed by atoms with Crippen molar-refractivity contribution in [2.75, 3.05) is 25.5 Å². The van der Waals surface area contributed by atoms with Crippen molar-refractivity contribution in [3.05, 3.63) is 0 Å². The third-order valence-electron chi connectivity index (χ3n) is 3.15. The molecular weight excluding hydrogens is 292 g/mol. The van der Waals surface area contributed by atoms with E-state index in [9.17, 15) is 14.7 Å². The van der Waals surface area contributed by atoms with E-state index in [2.05, 4.69) is 19.2 Å². The van der Waals surface area contributed by atoms with Crippen molar-refractivity contribution in [2.24, 2.45) is 5.92 Å². The molecule has 1 aliphatic heterocycles. The third kappa shape index (κ3) is 5.74. The zero-order valence-electron chi connectivity index (χ0n) is 13.0. The number of amides is 2. The van der Waals surface area contributed by atoms with Crippen molar-refractivity contribution in [1.82, 2.24) is 10.2 Å². The summed E-state index contributed by atoms with van der Waals surface area (Å²) in [4.78, 5) is 24.8. The smallest absolute Gasteiger partial charge is 0.327 e. The Morgan fingerprint density at radius 2 is 2.19 bits per heavy atom. The van der Waals surface area contributed by atoms with Gasteiger partial charge in [0.15, 0.2) is 0 Å². The molecule has 0 aliphatic carbocycles. The molecule has 1 heterocycles. The number of rotatable bonds is 8. The quantitative estimate of drug-likeness (QED) is 0.669. The summed E-state index contributed by atoms with van der Waals surface area (Å²) in [5.41, 5.74) is 0. The number of carbonyl (C=O) groups is 2. The number of nitrogens with zero attached hydrogens (tertiary/aromatic N) is 1. The van der Waals surface area contributed by atoms with Crippen LogP contribution >= 0.6 is 11.8 Å². The summed E-state index contributed by atoms with van der Waals surface area (Å²) in [5.74, 6) is 0.0235. The Bertz CT molecular complexity index is 352. The second-order valence-corrected chi connectivity index (χ2v) is 6.72. The van der Waals surface area contributed by atoms with Crippen molar-refractivity contribution < 1.29 is 19.4 Å². The van der Waals surface area contributed by atoms with Crippen molar-refractivity contribution in [3.8, 4) is 0 Å². The molecule has 1 saturated heterocycles. The van der Waals surface area contributed by atoms with E-state index in [0.29, 0.717) is 24.8 Å². The van der Waals surface area contributed by atoms with Gasteiger partial charge in [0.25, 0.3) is 0 Å². The molecule has 1 aliphatic rings. The maximum Gasteiger partial charge on any atom is 0.327 e. The molecule has 0 aromatic carbocycles. The normalized spacial score (nSPS) is 21.8. The number of carboxylic acid groups (broad SMARTS) is 1. The van der Waals surface area contributed by atoms with Gasteiger partial charge in [-0.3, -0.25) is 4.90 Å². The maximum atomic E-state index is 12.2. The number of carbonyl (C=O) groups excluding carboxylic acids is 1. The molecule has 2 unspecified atom stereocenters. The fraction of sp³-hybridized carbons (Fsp3) is 0.857. The predicted octanol–water partition coefficient (Wildman–Crippen LogP) is 2.00. The van der Waals surface area contributed by atoms with E-state index in [4.69, 9.17) is 4.74 Å². The minimum Gasteiger partial charge on any atom is -0.480 e. The van der Waals surface area contributed by atoms with Gasteiger partial charge in [0, 0.05) is 25.5 Å². The molecule has 6 nitrogen and oxygen atoms in total. The fourth-order valence-electron chi connectivity index (χ4n) is 2.12. The molecule has 0 saturated carbocycles. The molecule has 21 heavy (non-hydrogen) atoms. The molecule has 122 valence electrons.